The second-order valence-electron chi connectivity index (χ2n) is 7.46. The van der Waals surface area contributed by atoms with Gasteiger partial charge in [0, 0.05) is 19.6 Å². The molecule has 0 unspecified atom stereocenters. The summed E-state index contributed by atoms with van der Waals surface area (Å²) in [4.78, 5) is 32.5. The predicted octanol–water partition coefficient (Wildman–Crippen LogP) is 4.65. The van der Waals surface area contributed by atoms with E-state index in [0.717, 1.165) is 18.4 Å². The molecule has 0 radical (unpaired) electrons. The van der Waals surface area contributed by atoms with Gasteiger partial charge < -0.3 is 4.90 Å². The Morgan fingerprint density at radius 3 is 2.50 bits per heavy atom. The van der Waals surface area contributed by atoms with Crippen molar-refractivity contribution in [2.45, 2.75) is 51.9 Å². The number of thioether (sulfide) groups is 1. The zero-order valence-electron chi connectivity index (χ0n) is 17.9. The molecule has 0 saturated heterocycles. The van der Waals surface area contributed by atoms with Crippen LogP contribution in [0.2, 0.25) is 0 Å². The summed E-state index contributed by atoms with van der Waals surface area (Å²) in [6.07, 6.45) is 1.73. The summed E-state index contributed by atoms with van der Waals surface area (Å²) in [5.41, 5.74) is 2.97. The Balaban J connectivity index is 1.79. The smallest absolute Gasteiger partial charge is 0.262 e. The van der Waals surface area contributed by atoms with Crippen LogP contribution in [0.3, 0.4) is 0 Å². The monoisotopic (exact) mass is 423 g/mol. The van der Waals surface area contributed by atoms with Gasteiger partial charge in [-0.3, -0.25) is 14.2 Å². The summed E-state index contributed by atoms with van der Waals surface area (Å²) in [6.45, 7) is 8.07. The van der Waals surface area contributed by atoms with Crippen LogP contribution in [0.25, 0.3) is 10.9 Å². The van der Waals surface area contributed by atoms with Gasteiger partial charge in [0.25, 0.3) is 5.56 Å². The van der Waals surface area contributed by atoms with E-state index < -0.39 is 0 Å². The van der Waals surface area contributed by atoms with Crippen molar-refractivity contribution in [3.05, 3.63) is 70.0 Å². The molecule has 0 spiro atoms. The number of nitrogens with zero attached hydrogens (tertiary/aromatic N) is 3. The second kappa shape index (κ2) is 10.4. The maximum absolute atomic E-state index is 13.0. The number of fused-ring (bicyclic) bond motifs is 1. The molecule has 1 heterocycles. The van der Waals surface area contributed by atoms with E-state index >= 15 is 0 Å². The van der Waals surface area contributed by atoms with Gasteiger partial charge in [-0.15, -0.1) is 0 Å². The Bertz CT molecular complexity index is 1060. The van der Waals surface area contributed by atoms with Gasteiger partial charge in [0.05, 0.1) is 16.7 Å². The number of rotatable bonds is 9. The molecule has 0 bridgehead atoms. The van der Waals surface area contributed by atoms with E-state index in [0.29, 0.717) is 35.7 Å². The predicted molar refractivity (Wildman–Crippen MR) is 124 cm³/mol. The Morgan fingerprint density at radius 1 is 1.07 bits per heavy atom. The molecule has 1 aromatic heterocycles. The van der Waals surface area contributed by atoms with Crippen molar-refractivity contribution in [2.75, 3.05) is 12.3 Å². The molecule has 0 aliphatic carbocycles. The third-order valence-corrected chi connectivity index (χ3v) is 5.90. The summed E-state index contributed by atoms with van der Waals surface area (Å²) in [7, 11) is 0. The molecule has 0 aliphatic rings. The third-order valence-electron chi connectivity index (χ3n) is 4.94. The molecule has 0 N–H and O–H groups in total. The minimum Gasteiger partial charge on any atom is -0.338 e. The summed E-state index contributed by atoms with van der Waals surface area (Å²) < 4.78 is 1.70. The highest BCUT2D eigenvalue weighted by Gasteiger charge is 2.17. The molecule has 1 amide bonds. The van der Waals surface area contributed by atoms with Gasteiger partial charge >= 0.3 is 0 Å². The molecule has 5 nitrogen and oxygen atoms in total. The number of benzene rings is 2. The highest BCUT2D eigenvalue weighted by Crippen LogP contribution is 2.19. The van der Waals surface area contributed by atoms with Crippen LogP contribution in [0.1, 0.15) is 37.8 Å². The standard InChI is InChI=1S/C24H29N3O2S/c1-4-14-26(16-19-12-10-18(3)11-13-19)22(28)17-30-24-25-21-9-7-6-8-20(21)23(29)27(24)15-5-2/h6-13H,4-5,14-17H2,1-3H3. The van der Waals surface area contributed by atoms with Crippen LogP contribution in [0.5, 0.6) is 0 Å². The molecule has 3 aromatic rings. The lowest BCUT2D eigenvalue weighted by atomic mass is 10.1. The summed E-state index contributed by atoms with van der Waals surface area (Å²) in [5.74, 6) is 0.327. The van der Waals surface area contributed by atoms with Crippen LogP contribution in [0.15, 0.2) is 58.5 Å². The van der Waals surface area contributed by atoms with Crippen LogP contribution in [-0.4, -0.2) is 32.7 Å². The van der Waals surface area contributed by atoms with Crippen molar-refractivity contribution in [2.24, 2.45) is 0 Å². The Kier molecular flexibility index (Phi) is 7.69. The molecule has 0 fully saturated rings. The van der Waals surface area contributed by atoms with E-state index in [1.807, 2.05) is 30.0 Å². The fourth-order valence-corrected chi connectivity index (χ4v) is 4.30. The minimum atomic E-state index is -0.0394. The first-order chi connectivity index (χ1) is 14.5. The molecule has 6 heteroatoms. The number of hydrogen-bond donors (Lipinski definition) is 0. The number of carbonyl (C=O) groups excluding carboxylic acids is 1. The first kappa shape index (κ1) is 22.1. The van der Waals surface area contributed by atoms with Gasteiger partial charge in [-0.05, 0) is 37.5 Å². The second-order valence-corrected chi connectivity index (χ2v) is 8.40. The van der Waals surface area contributed by atoms with Crippen molar-refractivity contribution < 1.29 is 4.79 Å². The number of amides is 1. The Hall–Kier alpha value is -2.60. The average Bonchev–Trinajstić information content (AvgIpc) is 2.75. The number of para-hydroxylation sites is 1. The lowest BCUT2D eigenvalue weighted by Gasteiger charge is -2.22. The highest BCUT2D eigenvalue weighted by atomic mass is 32.2. The third kappa shape index (κ3) is 5.30. The van der Waals surface area contributed by atoms with Crippen LogP contribution >= 0.6 is 11.8 Å². The molecular formula is C24H29N3O2S. The number of aryl methyl sites for hydroxylation is 1. The zero-order chi connectivity index (χ0) is 21.5. The zero-order valence-corrected chi connectivity index (χ0v) is 18.7. The van der Waals surface area contributed by atoms with Gasteiger partial charge in [-0.2, -0.15) is 0 Å². The van der Waals surface area contributed by atoms with E-state index in [4.69, 9.17) is 0 Å². The molecule has 158 valence electrons. The first-order valence-corrected chi connectivity index (χ1v) is 11.5. The summed E-state index contributed by atoms with van der Waals surface area (Å²) >= 11 is 1.35. The lowest BCUT2D eigenvalue weighted by Crippen LogP contribution is -2.33. The number of aromatic nitrogens is 2. The van der Waals surface area contributed by atoms with Crippen LogP contribution in [0.4, 0.5) is 0 Å². The van der Waals surface area contributed by atoms with Crippen molar-refractivity contribution in [1.29, 1.82) is 0 Å². The molecule has 3 rings (SSSR count). The quantitative estimate of drug-likeness (QED) is 0.371. The fraction of sp³-hybridized carbons (Fsp3) is 0.375. The largest absolute Gasteiger partial charge is 0.338 e. The van der Waals surface area contributed by atoms with E-state index in [1.165, 1.54) is 17.3 Å². The maximum atomic E-state index is 13.0. The summed E-state index contributed by atoms with van der Waals surface area (Å²) in [6, 6.07) is 15.7. The van der Waals surface area contributed by atoms with E-state index in [9.17, 15) is 9.59 Å². The van der Waals surface area contributed by atoms with E-state index in [1.54, 1.807) is 10.6 Å². The van der Waals surface area contributed by atoms with Crippen LogP contribution in [-0.2, 0) is 17.9 Å². The van der Waals surface area contributed by atoms with Crippen LogP contribution in [0, 0.1) is 6.92 Å². The highest BCUT2D eigenvalue weighted by molar-refractivity contribution is 7.99. The SMILES string of the molecule is CCCN(Cc1ccc(C)cc1)C(=O)CSc1nc2ccccc2c(=O)n1CCC. The van der Waals surface area contributed by atoms with Gasteiger partial charge in [-0.25, -0.2) is 4.98 Å². The molecule has 0 saturated carbocycles. The lowest BCUT2D eigenvalue weighted by molar-refractivity contribution is -0.129. The van der Waals surface area contributed by atoms with Gasteiger partial charge in [-0.1, -0.05) is 67.6 Å². The maximum Gasteiger partial charge on any atom is 0.262 e. The van der Waals surface area contributed by atoms with Crippen molar-refractivity contribution in [1.82, 2.24) is 14.5 Å². The fourth-order valence-electron chi connectivity index (χ4n) is 3.37. The van der Waals surface area contributed by atoms with Crippen molar-refractivity contribution >= 4 is 28.6 Å². The number of carbonyl (C=O) groups is 1. The average molecular weight is 424 g/mol. The van der Waals surface area contributed by atoms with E-state index in [-0.39, 0.29) is 17.2 Å². The topological polar surface area (TPSA) is 55.2 Å². The molecule has 0 aliphatic heterocycles. The molecular weight excluding hydrogens is 394 g/mol. The van der Waals surface area contributed by atoms with Crippen molar-refractivity contribution in [3.8, 4) is 0 Å². The number of hydrogen-bond acceptors (Lipinski definition) is 4. The minimum absolute atomic E-state index is 0.0394. The van der Waals surface area contributed by atoms with Gasteiger partial charge in [0.1, 0.15) is 0 Å². The van der Waals surface area contributed by atoms with Gasteiger partial charge in [0.2, 0.25) is 5.91 Å². The molecule has 0 atom stereocenters. The van der Waals surface area contributed by atoms with Gasteiger partial charge in [0.15, 0.2) is 5.16 Å². The normalized spacial score (nSPS) is 11.0. The van der Waals surface area contributed by atoms with Crippen molar-refractivity contribution in [3.63, 3.8) is 0 Å². The van der Waals surface area contributed by atoms with E-state index in [2.05, 4.69) is 43.1 Å². The molecule has 2 aromatic carbocycles. The molecule has 30 heavy (non-hydrogen) atoms. The van der Waals surface area contributed by atoms with Crippen LogP contribution < -0.4 is 5.56 Å². The summed E-state index contributed by atoms with van der Waals surface area (Å²) in [5, 5.41) is 1.23. The Labute approximate surface area is 182 Å². The first-order valence-electron chi connectivity index (χ1n) is 10.5. The Morgan fingerprint density at radius 2 is 1.80 bits per heavy atom.